The molecular formula is C9H7FN3. The summed E-state index contributed by atoms with van der Waals surface area (Å²) in [6.45, 7) is 3.62. The molecule has 2 rings (SSSR count). The molecule has 0 saturated heterocycles. The zero-order chi connectivity index (χ0) is 9.26. The third-order valence-electron chi connectivity index (χ3n) is 1.68. The van der Waals surface area contributed by atoms with Crippen molar-refractivity contribution in [1.29, 1.82) is 0 Å². The Morgan fingerprint density at radius 1 is 1.38 bits per heavy atom. The number of benzene rings is 1. The van der Waals surface area contributed by atoms with Gasteiger partial charge in [0, 0.05) is 0 Å². The monoisotopic (exact) mass is 176 g/mol. The topological polar surface area (TPSA) is 30.7 Å². The Morgan fingerprint density at radius 2 is 2.23 bits per heavy atom. The minimum Gasteiger partial charge on any atom is -0.223 e. The minimum absolute atomic E-state index is 0.349. The first-order chi connectivity index (χ1) is 6.27. The molecule has 65 valence electrons. The van der Waals surface area contributed by atoms with Crippen molar-refractivity contribution in [1.82, 2.24) is 14.8 Å². The van der Waals surface area contributed by atoms with E-state index < -0.39 is 0 Å². The highest BCUT2D eigenvalue weighted by molar-refractivity contribution is 5.36. The molecule has 13 heavy (non-hydrogen) atoms. The van der Waals surface area contributed by atoms with Crippen LogP contribution in [0.3, 0.4) is 0 Å². The molecule has 4 heteroatoms. The lowest BCUT2D eigenvalue weighted by molar-refractivity contribution is 0.610. The van der Waals surface area contributed by atoms with Crippen LogP contribution in [0.25, 0.3) is 5.69 Å². The van der Waals surface area contributed by atoms with Gasteiger partial charge in [0.25, 0.3) is 0 Å². The van der Waals surface area contributed by atoms with Gasteiger partial charge in [-0.05, 0) is 24.6 Å². The van der Waals surface area contributed by atoms with Crippen LogP contribution in [0.4, 0.5) is 4.39 Å². The van der Waals surface area contributed by atoms with Gasteiger partial charge in [0.1, 0.15) is 24.2 Å². The predicted octanol–water partition coefficient (Wildman–Crippen LogP) is 1.59. The van der Waals surface area contributed by atoms with Crippen LogP contribution in [0.2, 0.25) is 0 Å². The van der Waals surface area contributed by atoms with Crippen molar-refractivity contribution in [3.63, 3.8) is 0 Å². The number of halogens is 1. The first-order valence-electron chi connectivity index (χ1n) is 3.74. The van der Waals surface area contributed by atoms with Crippen molar-refractivity contribution in [3.8, 4) is 5.69 Å². The SMILES string of the molecule is [CH2]c1ccc(-n2cncn2)c(F)c1. The standard InChI is InChI=1S/C9H7FN3/c1-7-2-3-9(8(10)4-7)13-6-11-5-12-13/h2-6H,1H2. The van der Waals surface area contributed by atoms with E-state index in [1.807, 2.05) is 0 Å². The highest BCUT2D eigenvalue weighted by Gasteiger charge is 2.03. The highest BCUT2D eigenvalue weighted by Crippen LogP contribution is 2.12. The summed E-state index contributed by atoms with van der Waals surface area (Å²) in [7, 11) is 0. The molecule has 2 aromatic rings. The van der Waals surface area contributed by atoms with E-state index in [0.29, 0.717) is 11.3 Å². The lowest BCUT2D eigenvalue weighted by atomic mass is 10.2. The maximum absolute atomic E-state index is 13.3. The second-order valence-corrected chi connectivity index (χ2v) is 2.63. The van der Waals surface area contributed by atoms with Gasteiger partial charge in [0.05, 0.1) is 0 Å². The van der Waals surface area contributed by atoms with E-state index in [4.69, 9.17) is 0 Å². The van der Waals surface area contributed by atoms with Crippen molar-refractivity contribution in [3.05, 3.63) is 49.2 Å². The molecule has 0 aliphatic heterocycles. The molecule has 0 bridgehead atoms. The van der Waals surface area contributed by atoms with Gasteiger partial charge < -0.3 is 0 Å². The van der Waals surface area contributed by atoms with Crippen molar-refractivity contribution in [2.24, 2.45) is 0 Å². The Kier molecular flexibility index (Phi) is 1.81. The fourth-order valence-electron chi connectivity index (χ4n) is 1.07. The number of hydrogen-bond donors (Lipinski definition) is 0. The first-order valence-corrected chi connectivity index (χ1v) is 3.74. The van der Waals surface area contributed by atoms with E-state index in [0.717, 1.165) is 0 Å². The summed E-state index contributed by atoms with van der Waals surface area (Å²) >= 11 is 0. The third kappa shape index (κ3) is 1.42. The van der Waals surface area contributed by atoms with Crippen LogP contribution in [0.5, 0.6) is 0 Å². The molecule has 0 spiro atoms. The van der Waals surface area contributed by atoms with E-state index in [-0.39, 0.29) is 5.82 Å². The molecule has 1 aromatic heterocycles. The van der Waals surface area contributed by atoms with Crippen molar-refractivity contribution in [2.75, 3.05) is 0 Å². The average Bonchev–Trinajstić information content (AvgIpc) is 2.56. The fourth-order valence-corrected chi connectivity index (χ4v) is 1.07. The Hall–Kier alpha value is -1.71. The van der Waals surface area contributed by atoms with E-state index in [2.05, 4.69) is 17.0 Å². The summed E-state index contributed by atoms with van der Waals surface area (Å²) in [4.78, 5) is 3.73. The average molecular weight is 176 g/mol. The Balaban J connectivity index is 2.53. The van der Waals surface area contributed by atoms with E-state index in [1.165, 1.54) is 23.4 Å². The summed E-state index contributed by atoms with van der Waals surface area (Å²) in [6.07, 6.45) is 2.80. The molecule has 0 aliphatic carbocycles. The first kappa shape index (κ1) is 7.91. The summed E-state index contributed by atoms with van der Waals surface area (Å²) in [5.74, 6) is -0.349. The zero-order valence-corrected chi connectivity index (χ0v) is 6.81. The Bertz CT molecular complexity index is 409. The van der Waals surface area contributed by atoms with Gasteiger partial charge in [0.2, 0.25) is 0 Å². The summed E-state index contributed by atoms with van der Waals surface area (Å²) in [5.41, 5.74) is 1.02. The van der Waals surface area contributed by atoms with Crippen LogP contribution in [-0.4, -0.2) is 14.8 Å². The van der Waals surface area contributed by atoms with Crippen LogP contribution in [-0.2, 0) is 0 Å². The van der Waals surface area contributed by atoms with E-state index in [1.54, 1.807) is 12.1 Å². The Labute approximate surface area is 74.8 Å². The smallest absolute Gasteiger partial charge is 0.149 e. The van der Waals surface area contributed by atoms with Gasteiger partial charge >= 0.3 is 0 Å². The molecule has 0 atom stereocenters. The molecule has 1 aromatic carbocycles. The van der Waals surface area contributed by atoms with E-state index in [9.17, 15) is 4.39 Å². The fraction of sp³-hybridized carbons (Fsp3) is 0. The van der Waals surface area contributed by atoms with E-state index >= 15 is 0 Å². The lowest BCUT2D eigenvalue weighted by Crippen LogP contribution is -1.97. The minimum atomic E-state index is -0.349. The maximum atomic E-state index is 13.3. The van der Waals surface area contributed by atoms with Gasteiger partial charge in [-0.15, -0.1) is 0 Å². The van der Waals surface area contributed by atoms with Crippen molar-refractivity contribution in [2.45, 2.75) is 0 Å². The normalized spacial score (nSPS) is 10.3. The zero-order valence-electron chi connectivity index (χ0n) is 6.81. The molecular weight excluding hydrogens is 169 g/mol. The van der Waals surface area contributed by atoms with Gasteiger partial charge in [-0.1, -0.05) is 6.07 Å². The number of nitrogens with zero attached hydrogens (tertiary/aromatic N) is 3. The van der Waals surface area contributed by atoms with Gasteiger partial charge in [-0.3, -0.25) is 0 Å². The van der Waals surface area contributed by atoms with Gasteiger partial charge in [-0.25, -0.2) is 14.1 Å². The molecule has 0 unspecified atom stereocenters. The van der Waals surface area contributed by atoms with Crippen LogP contribution in [0.15, 0.2) is 30.9 Å². The van der Waals surface area contributed by atoms with Gasteiger partial charge in [0.15, 0.2) is 0 Å². The molecule has 0 aliphatic rings. The molecule has 0 N–H and O–H groups in total. The van der Waals surface area contributed by atoms with Crippen LogP contribution in [0.1, 0.15) is 5.56 Å². The molecule has 0 saturated carbocycles. The molecule has 3 nitrogen and oxygen atoms in total. The maximum Gasteiger partial charge on any atom is 0.149 e. The molecule has 1 heterocycles. The molecule has 0 amide bonds. The Morgan fingerprint density at radius 3 is 2.85 bits per heavy atom. The van der Waals surface area contributed by atoms with Crippen LogP contribution >= 0.6 is 0 Å². The van der Waals surface area contributed by atoms with Gasteiger partial charge in [-0.2, -0.15) is 5.10 Å². The summed E-state index contributed by atoms with van der Waals surface area (Å²) in [5, 5.41) is 3.82. The molecule has 0 fully saturated rings. The third-order valence-corrected chi connectivity index (χ3v) is 1.68. The lowest BCUT2D eigenvalue weighted by Gasteiger charge is -2.02. The summed E-state index contributed by atoms with van der Waals surface area (Å²) < 4.78 is 14.7. The summed E-state index contributed by atoms with van der Waals surface area (Å²) in [6, 6.07) is 4.70. The number of hydrogen-bond acceptors (Lipinski definition) is 2. The second-order valence-electron chi connectivity index (χ2n) is 2.63. The number of aromatic nitrogens is 3. The second kappa shape index (κ2) is 2.97. The highest BCUT2D eigenvalue weighted by atomic mass is 19.1. The quantitative estimate of drug-likeness (QED) is 0.660. The molecule has 1 radical (unpaired) electrons. The number of rotatable bonds is 1. The predicted molar refractivity (Wildman–Crippen MR) is 45.8 cm³/mol. The largest absolute Gasteiger partial charge is 0.223 e. The van der Waals surface area contributed by atoms with Crippen LogP contribution < -0.4 is 0 Å². The van der Waals surface area contributed by atoms with Crippen LogP contribution in [0, 0.1) is 12.7 Å². The van der Waals surface area contributed by atoms with Crippen molar-refractivity contribution < 1.29 is 4.39 Å². The van der Waals surface area contributed by atoms with Crippen molar-refractivity contribution >= 4 is 0 Å².